The first-order valence-electron chi connectivity index (χ1n) is 9.27. The lowest BCUT2D eigenvalue weighted by molar-refractivity contribution is 0.0892. The molecule has 0 saturated heterocycles. The first kappa shape index (κ1) is 16.1. The van der Waals surface area contributed by atoms with Gasteiger partial charge in [-0.3, -0.25) is 9.78 Å². The summed E-state index contributed by atoms with van der Waals surface area (Å²) in [5, 5.41) is 3.21. The summed E-state index contributed by atoms with van der Waals surface area (Å²) in [6.07, 6.45) is 8.21. The molecule has 1 amide bonds. The fourth-order valence-electron chi connectivity index (χ4n) is 3.57. The van der Waals surface area contributed by atoms with Crippen molar-refractivity contribution in [1.29, 1.82) is 0 Å². The lowest BCUT2D eigenvalue weighted by Gasteiger charge is -2.29. The van der Waals surface area contributed by atoms with Gasteiger partial charge in [-0.15, -0.1) is 0 Å². The average Bonchev–Trinajstić information content (AvgIpc) is 3.49. The van der Waals surface area contributed by atoms with E-state index in [1.807, 2.05) is 42.5 Å². The third kappa shape index (κ3) is 4.01. The molecule has 4 nitrogen and oxygen atoms in total. The second kappa shape index (κ2) is 7.26. The van der Waals surface area contributed by atoms with Crippen LogP contribution in [0.5, 0.6) is 5.75 Å². The van der Waals surface area contributed by atoms with Gasteiger partial charge in [0, 0.05) is 18.2 Å². The highest BCUT2D eigenvalue weighted by molar-refractivity contribution is 5.95. The number of para-hydroxylation sites is 1. The van der Waals surface area contributed by atoms with E-state index in [2.05, 4.69) is 10.3 Å². The molecule has 2 aromatic rings. The van der Waals surface area contributed by atoms with Gasteiger partial charge in [0.25, 0.3) is 5.91 Å². The van der Waals surface area contributed by atoms with Crippen molar-refractivity contribution >= 4 is 5.91 Å². The highest BCUT2D eigenvalue weighted by Gasteiger charge is 2.30. The Morgan fingerprint density at radius 2 is 1.72 bits per heavy atom. The molecule has 1 N–H and O–H groups in total. The number of hydrogen-bond acceptors (Lipinski definition) is 3. The Morgan fingerprint density at radius 3 is 2.44 bits per heavy atom. The topological polar surface area (TPSA) is 51.2 Å². The first-order chi connectivity index (χ1) is 12.3. The number of aromatic nitrogens is 1. The Kier molecular flexibility index (Phi) is 4.68. The van der Waals surface area contributed by atoms with Crippen LogP contribution in [-0.4, -0.2) is 23.0 Å². The monoisotopic (exact) mass is 336 g/mol. The lowest BCUT2D eigenvalue weighted by Crippen LogP contribution is -2.40. The Labute approximate surface area is 148 Å². The summed E-state index contributed by atoms with van der Waals surface area (Å²) < 4.78 is 6.03. The van der Waals surface area contributed by atoms with E-state index >= 15 is 0 Å². The highest BCUT2D eigenvalue weighted by atomic mass is 16.5. The van der Waals surface area contributed by atoms with E-state index in [1.165, 1.54) is 0 Å². The van der Waals surface area contributed by atoms with Gasteiger partial charge in [-0.1, -0.05) is 18.2 Å². The zero-order valence-corrected chi connectivity index (χ0v) is 14.4. The van der Waals surface area contributed by atoms with Gasteiger partial charge in [0.2, 0.25) is 0 Å². The van der Waals surface area contributed by atoms with Crippen LogP contribution in [0.2, 0.25) is 0 Å². The van der Waals surface area contributed by atoms with Gasteiger partial charge in [-0.05, 0) is 62.8 Å². The minimum atomic E-state index is 0.0300. The standard InChI is InChI=1S/C21H24N2O2/c24-21(19-7-4-14-22-20(19)15-8-9-15)23-16-10-12-18(13-11-16)25-17-5-2-1-3-6-17/h1-7,14-16,18H,8-13H2,(H,23,24). The van der Waals surface area contributed by atoms with Crippen molar-refractivity contribution in [3.8, 4) is 5.75 Å². The molecule has 0 aliphatic heterocycles. The molecule has 4 rings (SSSR count). The van der Waals surface area contributed by atoms with Gasteiger partial charge in [-0.2, -0.15) is 0 Å². The van der Waals surface area contributed by atoms with Gasteiger partial charge in [0.05, 0.1) is 17.4 Å². The number of carbonyl (C=O) groups is 1. The minimum Gasteiger partial charge on any atom is -0.490 e. The van der Waals surface area contributed by atoms with Crippen molar-refractivity contribution in [2.75, 3.05) is 0 Å². The van der Waals surface area contributed by atoms with Crippen LogP contribution in [0, 0.1) is 0 Å². The number of hydrogen-bond donors (Lipinski definition) is 1. The van der Waals surface area contributed by atoms with Crippen LogP contribution in [0.1, 0.15) is 60.5 Å². The molecule has 2 aliphatic rings. The summed E-state index contributed by atoms with van der Waals surface area (Å²) in [5.74, 6) is 1.44. The number of nitrogens with one attached hydrogen (secondary N) is 1. The molecule has 2 saturated carbocycles. The normalized spacial score (nSPS) is 23.0. The molecular formula is C21H24N2O2. The summed E-state index contributed by atoms with van der Waals surface area (Å²) in [4.78, 5) is 17.1. The maximum Gasteiger partial charge on any atom is 0.253 e. The SMILES string of the molecule is O=C(NC1CCC(Oc2ccccc2)CC1)c1cccnc1C1CC1. The fraction of sp³-hybridized carbons (Fsp3) is 0.429. The number of rotatable bonds is 5. The maximum absolute atomic E-state index is 12.7. The van der Waals surface area contributed by atoms with Crippen LogP contribution < -0.4 is 10.1 Å². The number of ether oxygens (including phenoxy) is 1. The molecule has 0 bridgehead atoms. The van der Waals surface area contributed by atoms with Crippen LogP contribution in [0.3, 0.4) is 0 Å². The number of pyridine rings is 1. The Hall–Kier alpha value is -2.36. The average molecular weight is 336 g/mol. The molecule has 0 radical (unpaired) electrons. The summed E-state index contributed by atoms with van der Waals surface area (Å²) in [6.45, 7) is 0. The molecular weight excluding hydrogens is 312 g/mol. The van der Waals surface area contributed by atoms with Crippen molar-refractivity contribution in [1.82, 2.24) is 10.3 Å². The largest absolute Gasteiger partial charge is 0.490 e. The molecule has 4 heteroatoms. The fourth-order valence-corrected chi connectivity index (χ4v) is 3.57. The molecule has 1 aromatic heterocycles. The summed E-state index contributed by atoms with van der Waals surface area (Å²) in [6, 6.07) is 14.0. The van der Waals surface area contributed by atoms with E-state index in [9.17, 15) is 4.79 Å². The number of benzene rings is 1. The van der Waals surface area contributed by atoms with Crippen molar-refractivity contribution in [3.05, 3.63) is 59.9 Å². The van der Waals surface area contributed by atoms with Crippen LogP contribution in [0.15, 0.2) is 48.7 Å². The van der Waals surface area contributed by atoms with Crippen LogP contribution in [0.4, 0.5) is 0 Å². The molecule has 1 heterocycles. The zero-order chi connectivity index (χ0) is 17.1. The number of carbonyl (C=O) groups excluding carboxylic acids is 1. The molecule has 0 unspecified atom stereocenters. The van der Waals surface area contributed by atoms with Gasteiger partial charge in [0.1, 0.15) is 5.75 Å². The quantitative estimate of drug-likeness (QED) is 0.895. The number of amides is 1. The zero-order valence-electron chi connectivity index (χ0n) is 14.4. The van der Waals surface area contributed by atoms with Gasteiger partial charge in [-0.25, -0.2) is 0 Å². The Bertz CT molecular complexity index is 720. The maximum atomic E-state index is 12.7. The molecule has 0 atom stereocenters. The van der Waals surface area contributed by atoms with E-state index < -0.39 is 0 Å². The van der Waals surface area contributed by atoms with Crippen molar-refractivity contribution in [2.24, 2.45) is 0 Å². The van der Waals surface area contributed by atoms with E-state index in [4.69, 9.17) is 4.74 Å². The predicted octanol–water partition coefficient (Wildman–Crippen LogP) is 4.08. The predicted molar refractivity (Wildman–Crippen MR) is 96.8 cm³/mol. The second-order valence-electron chi connectivity index (χ2n) is 7.09. The molecule has 130 valence electrons. The van der Waals surface area contributed by atoms with Crippen LogP contribution in [-0.2, 0) is 0 Å². The van der Waals surface area contributed by atoms with E-state index in [-0.39, 0.29) is 18.1 Å². The second-order valence-corrected chi connectivity index (χ2v) is 7.09. The summed E-state index contributed by atoms with van der Waals surface area (Å²) in [5.41, 5.74) is 1.73. The smallest absolute Gasteiger partial charge is 0.253 e. The Balaban J connectivity index is 1.31. The van der Waals surface area contributed by atoms with Crippen molar-refractivity contribution in [2.45, 2.75) is 56.6 Å². The summed E-state index contributed by atoms with van der Waals surface area (Å²) in [7, 11) is 0. The molecule has 2 aliphatic carbocycles. The minimum absolute atomic E-state index is 0.0300. The van der Waals surface area contributed by atoms with Gasteiger partial charge >= 0.3 is 0 Å². The van der Waals surface area contributed by atoms with E-state index in [1.54, 1.807) is 6.20 Å². The molecule has 0 spiro atoms. The lowest BCUT2D eigenvalue weighted by atomic mass is 9.92. The summed E-state index contributed by atoms with van der Waals surface area (Å²) >= 11 is 0. The molecule has 25 heavy (non-hydrogen) atoms. The first-order valence-corrected chi connectivity index (χ1v) is 9.27. The number of nitrogens with zero attached hydrogens (tertiary/aromatic N) is 1. The van der Waals surface area contributed by atoms with Crippen molar-refractivity contribution < 1.29 is 9.53 Å². The van der Waals surface area contributed by atoms with Gasteiger partial charge in [0.15, 0.2) is 0 Å². The van der Waals surface area contributed by atoms with Crippen LogP contribution in [0.25, 0.3) is 0 Å². The third-order valence-corrected chi connectivity index (χ3v) is 5.10. The Morgan fingerprint density at radius 1 is 0.960 bits per heavy atom. The van der Waals surface area contributed by atoms with E-state index in [0.717, 1.165) is 55.5 Å². The third-order valence-electron chi connectivity index (χ3n) is 5.10. The van der Waals surface area contributed by atoms with Crippen molar-refractivity contribution in [3.63, 3.8) is 0 Å². The highest BCUT2D eigenvalue weighted by Crippen LogP contribution is 2.40. The molecule has 2 fully saturated rings. The van der Waals surface area contributed by atoms with Gasteiger partial charge < -0.3 is 10.1 Å². The van der Waals surface area contributed by atoms with Crippen LogP contribution >= 0.6 is 0 Å². The van der Waals surface area contributed by atoms with E-state index in [0.29, 0.717) is 5.92 Å². The molecule has 1 aromatic carbocycles.